The van der Waals surface area contributed by atoms with Crippen molar-refractivity contribution in [3.05, 3.63) is 53.3 Å². The number of ether oxygens (including phenoxy) is 2. The molecule has 1 saturated heterocycles. The third-order valence-electron chi connectivity index (χ3n) is 5.07. The van der Waals surface area contributed by atoms with E-state index in [-0.39, 0.29) is 12.0 Å². The fourth-order valence-electron chi connectivity index (χ4n) is 3.62. The van der Waals surface area contributed by atoms with Crippen LogP contribution in [-0.4, -0.2) is 37.2 Å². The van der Waals surface area contributed by atoms with Crippen LogP contribution in [0.25, 0.3) is 0 Å². The summed E-state index contributed by atoms with van der Waals surface area (Å²) in [5.41, 5.74) is 3.54. The number of carbonyl (C=O) groups excluding carboxylic acids is 1. The van der Waals surface area contributed by atoms with E-state index in [0.717, 1.165) is 11.3 Å². The lowest BCUT2D eigenvalue weighted by molar-refractivity contribution is -0.136. The number of fused-ring (bicyclic) bond motifs is 1. The molecule has 2 N–H and O–H groups in total. The standard InChI is InChI=1S/C22H24FN3O3/c1-13-9-14(7-8-18(13)25-10-15-12-28-22(2,3)29-15)24-11-16-20-17(23)5-4-6-19(20)26-21(16)27/h4-9,11,15-16,25H,10,12H2,1-3H3,(H,26,27). The molecule has 0 aromatic heterocycles. The van der Waals surface area contributed by atoms with Gasteiger partial charge in [-0.25, -0.2) is 4.39 Å². The van der Waals surface area contributed by atoms with E-state index in [2.05, 4.69) is 15.6 Å². The minimum Gasteiger partial charge on any atom is -0.382 e. The van der Waals surface area contributed by atoms with Crippen LogP contribution in [0.5, 0.6) is 0 Å². The van der Waals surface area contributed by atoms with E-state index in [1.54, 1.807) is 12.1 Å². The van der Waals surface area contributed by atoms with E-state index < -0.39 is 17.5 Å². The van der Waals surface area contributed by atoms with Crippen LogP contribution in [0.15, 0.2) is 41.4 Å². The molecule has 4 rings (SSSR count). The molecule has 2 aliphatic rings. The van der Waals surface area contributed by atoms with Gasteiger partial charge in [-0.2, -0.15) is 0 Å². The van der Waals surface area contributed by atoms with Gasteiger partial charge < -0.3 is 20.1 Å². The van der Waals surface area contributed by atoms with Crippen LogP contribution in [0.1, 0.15) is 30.9 Å². The van der Waals surface area contributed by atoms with Crippen LogP contribution < -0.4 is 10.6 Å². The van der Waals surface area contributed by atoms with E-state index in [9.17, 15) is 9.18 Å². The Kier molecular flexibility index (Phi) is 5.10. The van der Waals surface area contributed by atoms with Crippen LogP contribution >= 0.6 is 0 Å². The fourth-order valence-corrected chi connectivity index (χ4v) is 3.62. The first-order chi connectivity index (χ1) is 13.8. The van der Waals surface area contributed by atoms with Crippen molar-refractivity contribution in [2.75, 3.05) is 23.8 Å². The highest BCUT2D eigenvalue weighted by Gasteiger charge is 2.33. The number of nitrogens with zero attached hydrogens (tertiary/aromatic N) is 1. The van der Waals surface area contributed by atoms with Crippen molar-refractivity contribution >= 4 is 29.2 Å². The van der Waals surface area contributed by atoms with Gasteiger partial charge >= 0.3 is 0 Å². The molecule has 29 heavy (non-hydrogen) atoms. The average Bonchev–Trinajstić information content (AvgIpc) is 3.18. The monoisotopic (exact) mass is 397 g/mol. The molecule has 0 saturated carbocycles. The summed E-state index contributed by atoms with van der Waals surface area (Å²) in [5.74, 6) is -1.95. The van der Waals surface area contributed by atoms with Crippen LogP contribution in [0.4, 0.5) is 21.5 Å². The highest BCUT2D eigenvalue weighted by molar-refractivity contribution is 6.12. The summed E-state index contributed by atoms with van der Waals surface area (Å²) in [4.78, 5) is 16.6. The van der Waals surface area contributed by atoms with E-state index in [4.69, 9.17) is 9.47 Å². The zero-order valence-corrected chi connectivity index (χ0v) is 16.7. The van der Waals surface area contributed by atoms with Crippen molar-refractivity contribution in [1.82, 2.24) is 0 Å². The maximum atomic E-state index is 14.1. The van der Waals surface area contributed by atoms with Crippen molar-refractivity contribution in [1.29, 1.82) is 0 Å². The number of halogens is 1. The van der Waals surface area contributed by atoms with Gasteiger partial charge in [0.05, 0.1) is 12.3 Å². The highest BCUT2D eigenvalue weighted by Crippen LogP contribution is 2.34. The van der Waals surface area contributed by atoms with E-state index in [1.807, 2.05) is 39.0 Å². The van der Waals surface area contributed by atoms with Gasteiger partial charge in [0.15, 0.2) is 5.79 Å². The summed E-state index contributed by atoms with van der Waals surface area (Å²) < 4.78 is 25.5. The topological polar surface area (TPSA) is 72.0 Å². The molecular weight excluding hydrogens is 373 g/mol. The van der Waals surface area contributed by atoms with Gasteiger partial charge in [-0.15, -0.1) is 0 Å². The van der Waals surface area contributed by atoms with Gasteiger partial charge in [-0.05, 0) is 56.7 Å². The van der Waals surface area contributed by atoms with Crippen molar-refractivity contribution in [2.45, 2.75) is 38.6 Å². The number of aliphatic imine (C=N–C) groups is 1. The number of benzene rings is 2. The minimum atomic E-state index is -0.729. The molecular formula is C22H24FN3O3. The Balaban J connectivity index is 1.43. The molecule has 2 heterocycles. The van der Waals surface area contributed by atoms with E-state index >= 15 is 0 Å². The van der Waals surface area contributed by atoms with Gasteiger partial charge in [0.2, 0.25) is 5.91 Å². The first-order valence-corrected chi connectivity index (χ1v) is 9.62. The molecule has 2 atom stereocenters. The number of carbonyl (C=O) groups is 1. The van der Waals surface area contributed by atoms with E-state index in [1.165, 1.54) is 12.3 Å². The van der Waals surface area contributed by atoms with Gasteiger partial charge in [0.25, 0.3) is 0 Å². The molecule has 1 amide bonds. The lowest BCUT2D eigenvalue weighted by atomic mass is 10.0. The Morgan fingerprint density at radius 3 is 2.90 bits per heavy atom. The van der Waals surface area contributed by atoms with Crippen molar-refractivity contribution < 1.29 is 18.7 Å². The number of rotatable bonds is 5. The van der Waals surface area contributed by atoms with Gasteiger partial charge in [0, 0.05) is 29.7 Å². The third-order valence-corrected chi connectivity index (χ3v) is 5.07. The fraction of sp³-hybridized carbons (Fsp3) is 0.364. The summed E-state index contributed by atoms with van der Waals surface area (Å²) in [5, 5.41) is 6.07. The van der Waals surface area contributed by atoms with Crippen molar-refractivity contribution in [3.63, 3.8) is 0 Å². The lowest BCUT2D eigenvalue weighted by Gasteiger charge is -2.18. The quantitative estimate of drug-likeness (QED) is 0.744. The maximum Gasteiger partial charge on any atom is 0.237 e. The van der Waals surface area contributed by atoms with Gasteiger partial charge in [-0.3, -0.25) is 9.79 Å². The first-order valence-electron chi connectivity index (χ1n) is 9.62. The van der Waals surface area contributed by atoms with E-state index in [0.29, 0.717) is 30.1 Å². The molecule has 2 unspecified atom stereocenters. The first kappa shape index (κ1) is 19.5. The Hall–Kier alpha value is -2.77. The molecule has 7 heteroatoms. The summed E-state index contributed by atoms with van der Waals surface area (Å²) in [6.07, 6.45) is 1.50. The van der Waals surface area contributed by atoms with Crippen LogP contribution in [0, 0.1) is 12.7 Å². The Bertz CT molecular complexity index is 974. The number of amides is 1. The second-order valence-corrected chi connectivity index (χ2v) is 7.78. The Labute approximate surface area is 169 Å². The number of nitrogens with one attached hydrogen (secondary N) is 2. The predicted octanol–water partition coefficient (Wildman–Crippen LogP) is 4.14. The van der Waals surface area contributed by atoms with Crippen molar-refractivity contribution in [2.24, 2.45) is 4.99 Å². The molecule has 0 bridgehead atoms. The van der Waals surface area contributed by atoms with Crippen LogP contribution in [-0.2, 0) is 14.3 Å². The molecule has 0 spiro atoms. The minimum absolute atomic E-state index is 0.00191. The number of hydrogen-bond acceptors (Lipinski definition) is 5. The normalized spacial score (nSPS) is 22.7. The molecule has 2 aromatic carbocycles. The maximum absolute atomic E-state index is 14.1. The Morgan fingerprint density at radius 1 is 1.34 bits per heavy atom. The summed E-state index contributed by atoms with van der Waals surface area (Å²) in [6.45, 7) is 6.99. The zero-order valence-electron chi connectivity index (χ0n) is 16.7. The Morgan fingerprint density at radius 2 is 2.17 bits per heavy atom. The number of anilines is 2. The van der Waals surface area contributed by atoms with Gasteiger partial charge in [0.1, 0.15) is 17.8 Å². The van der Waals surface area contributed by atoms with Gasteiger partial charge in [-0.1, -0.05) is 6.07 Å². The summed E-state index contributed by atoms with van der Waals surface area (Å²) in [7, 11) is 0. The lowest BCUT2D eigenvalue weighted by Crippen LogP contribution is -2.26. The second kappa shape index (κ2) is 7.57. The molecule has 1 fully saturated rings. The molecule has 6 nitrogen and oxygen atoms in total. The molecule has 0 aliphatic carbocycles. The molecule has 2 aromatic rings. The molecule has 2 aliphatic heterocycles. The molecule has 152 valence electrons. The number of hydrogen-bond donors (Lipinski definition) is 2. The van der Waals surface area contributed by atoms with Crippen LogP contribution in [0.2, 0.25) is 0 Å². The average molecular weight is 397 g/mol. The largest absolute Gasteiger partial charge is 0.382 e. The summed E-state index contributed by atoms with van der Waals surface area (Å²) in [6, 6.07) is 10.3. The smallest absolute Gasteiger partial charge is 0.237 e. The van der Waals surface area contributed by atoms with Crippen LogP contribution in [0.3, 0.4) is 0 Å². The number of aryl methyl sites for hydroxylation is 1. The third kappa shape index (κ3) is 4.16. The molecule has 0 radical (unpaired) electrons. The summed E-state index contributed by atoms with van der Waals surface area (Å²) >= 11 is 0. The predicted molar refractivity (Wildman–Crippen MR) is 110 cm³/mol. The van der Waals surface area contributed by atoms with Crippen molar-refractivity contribution in [3.8, 4) is 0 Å². The second-order valence-electron chi connectivity index (χ2n) is 7.78. The highest BCUT2D eigenvalue weighted by atomic mass is 19.1. The SMILES string of the molecule is Cc1cc(N=CC2C(=O)Nc3cccc(F)c32)ccc1NCC1COC(C)(C)O1. The zero-order chi connectivity index (χ0) is 20.6.